The lowest BCUT2D eigenvalue weighted by molar-refractivity contribution is 0.0948. The minimum atomic E-state index is -0.217. The number of H-pyrrole nitrogens is 1. The third-order valence-corrected chi connectivity index (χ3v) is 4.93. The van der Waals surface area contributed by atoms with E-state index in [2.05, 4.69) is 26.7 Å². The van der Waals surface area contributed by atoms with Crippen molar-refractivity contribution in [1.29, 1.82) is 0 Å². The van der Waals surface area contributed by atoms with Crippen molar-refractivity contribution >= 4 is 34.0 Å². The maximum Gasteiger partial charge on any atom is 0.269 e. The van der Waals surface area contributed by atoms with Crippen LogP contribution in [0.2, 0.25) is 0 Å². The number of carbonyl (C=O) groups excluding carboxylic acids is 2. The average molecular weight is 398 g/mol. The van der Waals surface area contributed by atoms with Gasteiger partial charge in [0.05, 0.1) is 0 Å². The van der Waals surface area contributed by atoms with Crippen LogP contribution in [0.5, 0.6) is 0 Å². The molecular formula is C24H22N4O2. The maximum atomic E-state index is 12.5. The van der Waals surface area contributed by atoms with Crippen LogP contribution in [0, 0.1) is 0 Å². The van der Waals surface area contributed by atoms with E-state index in [4.69, 9.17) is 0 Å². The van der Waals surface area contributed by atoms with Gasteiger partial charge in [0, 0.05) is 46.8 Å². The van der Waals surface area contributed by atoms with Gasteiger partial charge in [0.1, 0.15) is 5.69 Å². The molecule has 30 heavy (non-hydrogen) atoms. The summed E-state index contributed by atoms with van der Waals surface area (Å²) >= 11 is 0. The van der Waals surface area contributed by atoms with E-state index < -0.39 is 0 Å². The molecule has 0 saturated carbocycles. The number of aromatic nitrogens is 2. The van der Waals surface area contributed by atoms with Crippen LogP contribution < -0.4 is 10.6 Å². The van der Waals surface area contributed by atoms with E-state index in [1.165, 1.54) is 17.9 Å². The molecule has 0 bridgehead atoms. The van der Waals surface area contributed by atoms with Gasteiger partial charge in [-0.3, -0.25) is 14.6 Å². The fourth-order valence-electron chi connectivity index (χ4n) is 3.33. The Morgan fingerprint density at radius 2 is 1.80 bits per heavy atom. The molecule has 0 atom stereocenters. The predicted molar refractivity (Wildman–Crippen MR) is 118 cm³/mol. The van der Waals surface area contributed by atoms with Gasteiger partial charge in [-0.15, -0.1) is 0 Å². The fraction of sp³-hybridized carbons (Fsp3) is 0.125. The van der Waals surface area contributed by atoms with Crippen molar-refractivity contribution in [3.8, 4) is 0 Å². The SMILES string of the molecule is CC(=O)c1ccc(Nc2ccnc(C(=O)NCCc3c[nH]c4ccccc34)c2)cc1. The Bertz CT molecular complexity index is 1200. The van der Waals surface area contributed by atoms with Crippen molar-refractivity contribution in [1.82, 2.24) is 15.3 Å². The summed E-state index contributed by atoms with van der Waals surface area (Å²) in [5.74, 6) is -0.192. The first-order valence-corrected chi connectivity index (χ1v) is 9.77. The number of pyridine rings is 1. The van der Waals surface area contributed by atoms with Gasteiger partial charge in [-0.25, -0.2) is 0 Å². The van der Waals surface area contributed by atoms with Crippen LogP contribution in [0.3, 0.4) is 0 Å². The Morgan fingerprint density at radius 1 is 1.00 bits per heavy atom. The third kappa shape index (κ3) is 4.38. The zero-order chi connectivity index (χ0) is 20.9. The van der Waals surface area contributed by atoms with Crippen LogP contribution in [0.4, 0.5) is 11.4 Å². The molecule has 0 saturated heterocycles. The monoisotopic (exact) mass is 398 g/mol. The van der Waals surface area contributed by atoms with Crippen LogP contribution in [0.1, 0.15) is 33.3 Å². The first-order chi connectivity index (χ1) is 14.6. The molecule has 2 heterocycles. The molecule has 3 N–H and O–H groups in total. The van der Waals surface area contributed by atoms with Crippen LogP contribution in [-0.4, -0.2) is 28.2 Å². The van der Waals surface area contributed by atoms with Crippen LogP contribution in [0.15, 0.2) is 73.1 Å². The van der Waals surface area contributed by atoms with Crippen molar-refractivity contribution < 1.29 is 9.59 Å². The van der Waals surface area contributed by atoms with Gasteiger partial charge in [0.25, 0.3) is 5.91 Å². The number of hydrogen-bond acceptors (Lipinski definition) is 4. The highest BCUT2D eigenvalue weighted by atomic mass is 16.1. The Kier molecular flexibility index (Phi) is 5.57. The number of carbonyl (C=O) groups is 2. The smallest absolute Gasteiger partial charge is 0.269 e. The average Bonchev–Trinajstić information content (AvgIpc) is 3.17. The van der Waals surface area contributed by atoms with Crippen LogP contribution in [0.25, 0.3) is 10.9 Å². The minimum Gasteiger partial charge on any atom is -0.361 e. The summed E-state index contributed by atoms with van der Waals surface area (Å²) in [5.41, 5.74) is 4.85. The first kappa shape index (κ1) is 19.4. The second kappa shape index (κ2) is 8.61. The van der Waals surface area contributed by atoms with Crippen molar-refractivity contribution in [3.05, 3.63) is 89.9 Å². The standard InChI is InChI=1S/C24H22N4O2/c1-16(29)17-6-8-19(9-7-17)28-20-11-13-25-23(14-20)24(30)26-12-10-18-15-27-22-5-3-2-4-21(18)22/h2-9,11,13-15,27H,10,12H2,1H3,(H,25,28)(H,26,30). The number of nitrogens with one attached hydrogen (secondary N) is 3. The third-order valence-electron chi connectivity index (χ3n) is 4.93. The predicted octanol–water partition coefficient (Wildman–Crippen LogP) is 4.48. The number of anilines is 2. The molecule has 0 aliphatic carbocycles. The summed E-state index contributed by atoms with van der Waals surface area (Å²) in [6, 6.07) is 18.8. The van der Waals surface area contributed by atoms with E-state index in [0.717, 1.165) is 23.3 Å². The summed E-state index contributed by atoms with van der Waals surface area (Å²) in [6.07, 6.45) is 4.31. The minimum absolute atomic E-state index is 0.0251. The summed E-state index contributed by atoms with van der Waals surface area (Å²) in [5, 5.41) is 7.33. The van der Waals surface area contributed by atoms with Gasteiger partial charge in [0.15, 0.2) is 5.78 Å². The Morgan fingerprint density at radius 3 is 2.60 bits per heavy atom. The normalized spacial score (nSPS) is 10.7. The van der Waals surface area contributed by atoms with E-state index in [0.29, 0.717) is 17.8 Å². The van der Waals surface area contributed by atoms with Gasteiger partial charge in [-0.1, -0.05) is 18.2 Å². The Balaban J connectivity index is 1.37. The molecule has 4 aromatic rings. The second-order valence-electron chi connectivity index (χ2n) is 7.05. The van der Waals surface area contributed by atoms with Crippen molar-refractivity contribution in [2.45, 2.75) is 13.3 Å². The zero-order valence-electron chi connectivity index (χ0n) is 16.6. The van der Waals surface area contributed by atoms with E-state index in [9.17, 15) is 9.59 Å². The zero-order valence-corrected chi connectivity index (χ0v) is 16.6. The molecule has 2 aromatic carbocycles. The number of amides is 1. The molecular weight excluding hydrogens is 376 g/mol. The molecule has 0 aliphatic rings. The highest BCUT2D eigenvalue weighted by molar-refractivity contribution is 5.95. The molecule has 0 spiro atoms. The maximum absolute atomic E-state index is 12.5. The number of benzene rings is 2. The summed E-state index contributed by atoms with van der Waals surface area (Å²) in [7, 11) is 0. The van der Waals surface area contributed by atoms with E-state index in [1.807, 2.05) is 36.5 Å². The largest absolute Gasteiger partial charge is 0.361 e. The molecule has 2 aromatic heterocycles. The molecule has 6 heteroatoms. The van der Waals surface area contributed by atoms with Crippen molar-refractivity contribution in [3.63, 3.8) is 0 Å². The van der Waals surface area contributed by atoms with Crippen molar-refractivity contribution in [2.24, 2.45) is 0 Å². The number of fused-ring (bicyclic) bond motifs is 1. The van der Waals surface area contributed by atoms with Gasteiger partial charge in [0.2, 0.25) is 0 Å². The molecule has 6 nitrogen and oxygen atoms in total. The number of hydrogen-bond donors (Lipinski definition) is 3. The van der Waals surface area contributed by atoms with E-state index in [-0.39, 0.29) is 11.7 Å². The molecule has 0 unspecified atom stereocenters. The fourth-order valence-corrected chi connectivity index (χ4v) is 3.33. The van der Waals surface area contributed by atoms with E-state index >= 15 is 0 Å². The van der Waals surface area contributed by atoms with Crippen LogP contribution >= 0.6 is 0 Å². The molecule has 4 rings (SSSR count). The lowest BCUT2D eigenvalue weighted by Crippen LogP contribution is -2.26. The van der Waals surface area contributed by atoms with E-state index in [1.54, 1.807) is 30.5 Å². The second-order valence-corrected chi connectivity index (χ2v) is 7.05. The van der Waals surface area contributed by atoms with Gasteiger partial charge < -0.3 is 15.6 Å². The first-order valence-electron chi connectivity index (χ1n) is 9.77. The number of ketones is 1. The molecule has 0 fully saturated rings. The quantitative estimate of drug-likeness (QED) is 0.401. The summed E-state index contributed by atoms with van der Waals surface area (Å²) in [4.78, 5) is 31.3. The summed E-state index contributed by atoms with van der Waals surface area (Å²) < 4.78 is 0. The summed E-state index contributed by atoms with van der Waals surface area (Å²) in [6.45, 7) is 2.06. The molecule has 0 radical (unpaired) electrons. The Hall–Kier alpha value is -3.93. The lowest BCUT2D eigenvalue weighted by Gasteiger charge is -2.09. The van der Waals surface area contributed by atoms with Crippen LogP contribution in [-0.2, 0) is 6.42 Å². The number of Topliss-reactive ketones (excluding diaryl/α,β-unsaturated/α-hetero) is 1. The highest BCUT2D eigenvalue weighted by Gasteiger charge is 2.09. The molecule has 1 amide bonds. The molecule has 0 aliphatic heterocycles. The topological polar surface area (TPSA) is 86.9 Å². The Labute approximate surface area is 174 Å². The van der Waals surface area contributed by atoms with Gasteiger partial charge >= 0.3 is 0 Å². The number of para-hydroxylation sites is 1. The number of aromatic amines is 1. The van der Waals surface area contributed by atoms with Gasteiger partial charge in [-0.2, -0.15) is 0 Å². The number of rotatable bonds is 7. The molecule has 150 valence electrons. The van der Waals surface area contributed by atoms with Gasteiger partial charge in [-0.05, 0) is 61.4 Å². The highest BCUT2D eigenvalue weighted by Crippen LogP contribution is 2.19. The van der Waals surface area contributed by atoms with Crippen molar-refractivity contribution in [2.75, 3.05) is 11.9 Å². The number of nitrogens with zero attached hydrogens (tertiary/aromatic N) is 1. The lowest BCUT2D eigenvalue weighted by atomic mass is 10.1.